The van der Waals surface area contributed by atoms with Crippen LogP contribution in [0.15, 0.2) is 53.9 Å². The zero-order valence-electron chi connectivity index (χ0n) is 14.3. The van der Waals surface area contributed by atoms with Crippen LogP contribution in [0.2, 0.25) is 0 Å². The topological polar surface area (TPSA) is 70.8 Å². The predicted octanol–water partition coefficient (Wildman–Crippen LogP) is 1.12. The molecule has 4 rings (SSSR count). The van der Waals surface area contributed by atoms with Crippen molar-refractivity contribution in [2.45, 2.75) is 25.3 Å². The standard InChI is InChI=1S/C19H24N4O2/c20-18(24)16-7-8-17-12-23-10-4-9-21-19(23,14-22(17)11-16)25-13-15-5-2-1-3-6-15/h1-3,5-6,8,11,21H,4,7,9-10,12-14H2,(H2,20,24). The first kappa shape index (κ1) is 16.3. The molecule has 3 aliphatic heterocycles. The average Bonchev–Trinajstić information content (AvgIpc) is 2.65. The van der Waals surface area contributed by atoms with Crippen LogP contribution in [0.3, 0.4) is 0 Å². The van der Waals surface area contributed by atoms with E-state index in [1.165, 1.54) is 5.70 Å². The predicted molar refractivity (Wildman–Crippen MR) is 94.8 cm³/mol. The number of hydrogen-bond acceptors (Lipinski definition) is 5. The van der Waals surface area contributed by atoms with Gasteiger partial charge in [0.15, 0.2) is 5.85 Å². The molecule has 0 radical (unpaired) electrons. The van der Waals surface area contributed by atoms with E-state index in [0.717, 1.165) is 31.6 Å². The van der Waals surface area contributed by atoms with Gasteiger partial charge in [0, 0.05) is 37.1 Å². The second kappa shape index (κ2) is 6.63. The fraction of sp³-hybridized carbons (Fsp3) is 0.421. The normalized spacial score (nSPS) is 26.3. The van der Waals surface area contributed by atoms with Crippen LogP contribution in [0.25, 0.3) is 0 Å². The lowest BCUT2D eigenvalue weighted by Crippen LogP contribution is -2.71. The highest BCUT2D eigenvalue weighted by Gasteiger charge is 2.46. The van der Waals surface area contributed by atoms with Gasteiger partial charge in [-0.3, -0.25) is 15.0 Å². The molecule has 0 saturated carbocycles. The summed E-state index contributed by atoms with van der Waals surface area (Å²) in [5.41, 5.74) is 8.48. The molecular formula is C19H24N4O2. The summed E-state index contributed by atoms with van der Waals surface area (Å²) in [6.45, 7) is 3.92. The fourth-order valence-corrected chi connectivity index (χ4v) is 3.74. The van der Waals surface area contributed by atoms with Crippen LogP contribution in [-0.4, -0.2) is 47.7 Å². The van der Waals surface area contributed by atoms with Crippen LogP contribution in [0.4, 0.5) is 0 Å². The van der Waals surface area contributed by atoms with Gasteiger partial charge in [0.05, 0.1) is 13.2 Å². The molecule has 1 aromatic carbocycles. The Hall–Kier alpha value is -2.15. The number of fused-ring (bicyclic) bond motifs is 2. The molecule has 0 aromatic heterocycles. The van der Waals surface area contributed by atoms with Crippen LogP contribution in [0.5, 0.6) is 0 Å². The van der Waals surface area contributed by atoms with Gasteiger partial charge in [-0.25, -0.2) is 0 Å². The number of allylic oxidation sites excluding steroid dienone is 1. The summed E-state index contributed by atoms with van der Waals surface area (Å²) in [5.74, 6) is -0.893. The van der Waals surface area contributed by atoms with Gasteiger partial charge in [-0.05, 0) is 18.4 Å². The van der Waals surface area contributed by atoms with E-state index in [9.17, 15) is 4.79 Å². The Labute approximate surface area is 147 Å². The number of amides is 1. The number of carbonyl (C=O) groups is 1. The molecule has 2 fully saturated rings. The third-order valence-corrected chi connectivity index (χ3v) is 5.13. The van der Waals surface area contributed by atoms with Gasteiger partial charge in [-0.1, -0.05) is 36.4 Å². The molecule has 1 atom stereocenters. The Bertz CT molecular complexity index is 715. The number of nitrogens with one attached hydrogen (secondary N) is 1. The quantitative estimate of drug-likeness (QED) is 0.860. The lowest BCUT2D eigenvalue weighted by molar-refractivity contribution is -0.214. The minimum absolute atomic E-state index is 0.353. The molecule has 25 heavy (non-hydrogen) atoms. The molecule has 3 aliphatic rings. The van der Waals surface area contributed by atoms with E-state index >= 15 is 0 Å². The molecule has 0 spiro atoms. The van der Waals surface area contributed by atoms with Gasteiger partial charge in [-0.2, -0.15) is 0 Å². The maximum atomic E-state index is 11.5. The number of benzene rings is 1. The van der Waals surface area contributed by atoms with Gasteiger partial charge < -0.3 is 15.4 Å². The third-order valence-electron chi connectivity index (χ3n) is 5.13. The number of ether oxygens (including phenoxy) is 1. The zero-order chi connectivity index (χ0) is 17.3. The van der Waals surface area contributed by atoms with Crippen LogP contribution in [0.1, 0.15) is 18.4 Å². The van der Waals surface area contributed by atoms with Crippen molar-refractivity contribution >= 4 is 5.91 Å². The maximum Gasteiger partial charge on any atom is 0.246 e. The van der Waals surface area contributed by atoms with Gasteiger partial charge >= 0.3 is 0 Å². The Morgan fingerprint density at radius 2 is 2.16 bits per heavy atom. The molecule has 0 aliphatic carbocycles. The monoisotopic (exact) mass is 340 g/mol. The van der Waals surface area contributed by atoms with E-state index in [1.807, 2.05) is 24.4 Å². The molecule has 1 aromatic rings. The van der Waals surface area contributed by atoms with Crippen molar-refractivity contribution < 1.29 is 9.53 Å². The highest BCUT2D eigenvalue weighted by atomic mass is 16.5. The number of carbonyl (C=O) groups excluding carboxylic acids is 1. The van der Waals surface area contributed by atoms with Gasteiger partial charge in [-0.15, -0.1) is 0 Å². The summed E-state index contributed by atoms with van der Waals surface area (Å²) in [4.78, 5) is 16.0. The van der Waals surface area contributed by atoms with Crippen molar-refractivity contribution in [3.8, 4) is 0 Å². The second-order valence-corrected chi connectivity index (χ2v) is 6.81. The Morgan fingerprint density at radius 1 is 1.32 bits per heavy atom. The summed E-state index contributed by atoms with van der Waals surface area (Å²) in [6.07, 6.45) is 5.71. The zero-order valence-corrected chi connectivity index (χ0v) is 14.3. The van der Waals surface area contributed by atoms with E-state index in [-0.39, 0.29) is 5.91 Å². The number of primary amides is 1. The average molecular weight is 340 g/mol. The number of nitrogens with zero attached hydrogens (tertiary/aromatic N) is 2. The van der Waals surface area contributed by atoms with Crippen molar-refractivity contribution in [2.75, 3.05) is 26.2 Å². The highest BCUT2D eigenvalue weighted by Crippen LogP contribution is 2.32. The van der Waals surface area contributed by atoms with Crippen molar-refractivity contribution in [3.05, 3.63) is 59.4 Å². The minimum atomic E-state index is -0.540. The Balaban J connectivity index is 1.56. The first-order chi connectivity index (χ1) is 12.2. The summed E-state index contributed by atoms with van der Waals surface area (Å²) in [7, 11) is 0. The summed E-state index contributed by atoms with van der Waals surface area (Å²) >= 11 is 0. The molecule has 3 N–H and O–H groups in total. The van der Waals surface area contributed by atoms with Crippen molar-refractivity contribution in [2.24, 2.45) is 5.73 Å². The lowest BCUT2D eigenvalue weighted by atomic mass is 10.0. The van der Waals surface area contributed by atoms with Gasteiger partial charge in [0.25, 0.3) is 0 Å². The van der Waals surface area contributed by atoms with E-state index < -0.39 is 5.85 Å². The summed E-state index contributed by atoms with van der Waals surface area (Å²) in [5, 5.41) is 3.57. The van der Waals surface area contributed by atoms with E-state index in [2.05, 4.69) is 33.3 Å². The number of nitrogens with two attached hydrogens (primary N) is 1. The SMILES string of the molecule is NC(=O)C1=CN2CC3(OCc4ccccc4)NCCCN3CC2=CC1. The van der Waals surface area contributed by atoms with Gasteiger partial charge in [0.2, 0.25) is 5.91 Å². The molecule has 1 unspecified atom stereocenters. The highest BCUT2D eigenvalue weighted by molar-refractivity contribution is 5.92. The van der Waals surface area contributed by atoms with Crippen LogP contribution < -0.4 is 11.1 Å². The lowest BCUT2D eigenvalue weighted by Gasteiger charge is -2.54. The molecule has 0 bridgehead atoms. The smallest absolute Gasteiger partial charge is 0.246 e. The van der Waals surface area contributed by atoms with E-state index in [0.29, 0.717) is 25.1 Å². The molecule has 3 heterocycles. The van der Waals surface area contributed by atoms with E-state index in [4.69, 9.17) is 10.5 Å². The third kappa shape index (κ3) is 3.20. The van der Waals surface area contributed by atoms with E-state index in [1.54, 1.807) is 0 Å². The molecule has 6 heteroatoms. The number of rotatable bonds is 4. The minimum Gasteiger partial charge on any atom is -0.366 e. The number of piperazine rings is 1. The molecule has 1 amide bonds. The van der Waals surface area contributed by atoms with Crippen LogP contribution in [-0.2, 0) is 16.1 Å². The summed E-state index contributed by atoms with van der Waals surface area (Å²) < 4.78 is 6.41. The Morgan fingerprint density at radius 3 is 2.96 bits per heavy atom. The summed E-state index contributed by atoms with van der Waals surface area (Å²) in [6, 6.07) is 10.2. The second-order valence-electron chi connectivity index (χ2n) is 6.81. The van der Waals surface area contributed by atoms with Crippen molar-refractivity contribution in [1.29, 1.82) is 0 Å². The largest absolute Gasteiger partial charge is 0.366 e. The molecule has 132 valence electrons. The van der Waals surface area contributed by atoms with Crippen molar-refractivity contribution in [1.82, 2.24) is 15.1 Å². The maximum absolute atomic E-state index is 11.5. The van der Waals surface area contributed by atoms with Crippen molar-refractivity contribution in [3.63, 3.8) is 0 Å². The van der Waals surface area contributed by atoms with Crippen LogP contribution in [0, 0.1) is 0 Å². The van der Waals surface area contributed by atoms with Crippen LogP contribution >= 0.6 is 0 Å². The number of hydrogen-bond donors (Lipinski definition) is 2. The fourth-order valence-electron chi connectivity index (χ4n) is 3.74. The van der Waals surface area contributed by atoms with Gasteiger partial charge in [0.1, 0.15) is 0 Å². The first-order valence-electron chi connectivity index (χ1n) is 8.80. The molecule has 6 nitrogen and oxygen atoms in total. The molecular weight excluding hydrogens is 316 g/mol. The first-order valence-corrected chi connectivity index (χ1v) is 8.80. The Kier molecular flexibility index (Phi) is 4.33. The molecule has 2 saturated heterocycles.